The molecule has 0 rings (SSSR count). The van der Waals surface area contributed by atoms with Crippen LogP contribution in [0.1, 0.15) is 45.4 Å². The quantitative estimate of drug-likeness (QED) is 0.412. The minimum absolute atomic E-state index is 0.746. The number of hydrogen-bond acceptors (Lipinski definition) is 3. The molecule has 0 saturated heterocycles. The molecule has 15 heavy (non-hydrogen) atoms. The minimum atomic E-state index is 0.746. The molecule has 3 heteroatoms. The van der Waals surface area contributed by atoms with E-state index in [0.717, 1.165) is 38.6 Å². The summed E-state index contributed by atoms with van der Waals surface area (Å²) in [5.74, 6) is 1.01. The Bertz CT molecular complexity index is 97.8. The molecule has 0 aromatic rings. The Morgan fingerprint density at radius 3 is 1.93 bits per heavy atom. The normalized spacial score (nSPS) is 10.8. The summed E-state index contributed by atoms with van der Waals surface area (Å²) in [6.45, 7) is 5.42. The van der Waals surface area contributed by atoms with Gasteiger partial charge < -0.3 is 9.47 Å². The fourth-order valence-electron chi connectivity index (χ4n) is 1.24. The second kappa shape index (κ2) is 14.3. The molecule has 2 nitrogen and oxygen atoms in total. The lowest BCUT2D eigenvalue weighted by molar-refractivity contribution is 0.0453. The fraction of sp³-hybridized carbons (Fsp3) is 1.00. The molecule has 0 heterocycles. The number of thiol groups is 1. The van der Waals surface area contributed by atoms with Crippen LogP contribution in [0.25, 0.3) is 0 Å². The molecule has 92 valence electrons. The highest BCUT2D eigenvalue weighted by Gasteiger charge is 1.91. The average molecular weight is 234 g/mol. The summed E-state index contributed by atoms with van der Waals surface area (Å²) < 4.78 is 10.8. The van der Waals surface area contributed by atoms with Gasteiger partial charge in [-0.3, -0.25) is 0 Å². The molecule has 0 aromatic carbocycles. The summed E-state index contributed by atoms with van der Waals surface area (Å²) >= 11 is 4.17. The molecule has 0 N–H and O–H groups in total. The molecule has 0 radical (unpaired) electrons. The zero-order chi connectivity index (χ0) is 11.2. The topological polar surface area (TPSA) is 18.5 Å². The standard InChI is InChI=1S/C12H26O2S/c1-2-3-8-13-10-11-14-9-6-4-5-7-12-15/h15H,2-12H2,1H3. The van der Waals surface area contributed by atoms with E-state index in [1.807, 2.05) is 0 Å². The van der Waals surface area contributed by atoms with Crippen LogP contribution < -0.4 is 0 Å². The van der Waals surface area contributed by atoms with Crippen LogP contribution in [0, 0.1) is 0 Å². The van der Waals surface area contributed by atoms with Gasteiger partial charge in [-0.1, -0.05) is 26.2 Å². The lowest BCUT2D eigenvalue weighted by atomic mass is 10.2. The van der Waals surface area contributed by atoms with Crippen LogP contribution in [0.3, 0.4) is 0 Å². The van der Waals surface area contributed by atoms with E-state index in [-0.39, 0.29) is 0 Å². The number of ether oxygens (including phenoxy) is 2. The van der Waals surface area contributed by atoms with E-state index >= 15 is 0 Å². The Morgan fingerprint density at radius 1 is 0.733 bits per heavy atom. The highest BCUT2D eigenvalue weighted by molar-refractivity contribution is 7.80. The van der Waals surface area contributed by atoms with Crippen molar-refractivity contribution in [1.29, 1.82) is 0 Å². The van der Waals surface area contributed by atoms with Crippen molar-refractivity contribution in [2.45, 2.75) is 45.4 Å². The van der Waals surface area contributed by atoms with Crippen molar-refractivity contribution < 1.29 is 9.47 Å². The summed E-state index contributed by atoms with van der Waals surface area (Å²) in [5.41, 5.74) is 0. The Hall–Kier alpha value is 0.270. The fourth-order valence-corrected chi connectivity index (χ4v) is 1.46. The molecule has 0 fully saturated rings. The lowest BCUT2D eigenvalue weighted by Gasteiger charge is -2.05. The molecule has 0 aromatic heterocycles. The average Bonchev–Trinajstić information content (AvgIpc) is 2.26. The molecule has 0 aliphatic heterocycles. The second-order valence-electron chi connectivity index (χ2n) is 3.72. The zero-order valence-electron chi connectivity index (χ0n) is 10.0. The summed E-state index contributed by atoms with van der Waals surface area (Å²) in [7, 11) is 0. The van der Waals surface area contributed by atoms with Crippen LogP contribution in [-0.2, 0) is 9.47 Å². The first-order valence-electron chi connectivity index (χ1n) is 6.18. The van der Waals surface area contributed by atoms with Gasteiger partial charge in [0, 0.05) is 13.2 Å². The van der Waals surface area contributed by atoms with E-state index < -0.39 is 0 Å². The van der Waals surface area contributed by atoms with Crippen LogP contribution >= 0.6 is 12.6 Å². The van der Waals surface area contributed by atoms with Crippen molar-refractivity contribution in [3.8, 4) is 0 Å². The van der Waals surface area contributed by atoms with Gasteiger partial charge in [-0.15, -0.1) is 0 Å². The molecule has 0 unspecified atom stereocenters. The summed E-state index contributed by atoms with van der Waals surface area (Å²) in [5, 5.41) is 0. The lowest BCUT2D eigenvalue weighted by Crippen LogP contribution is -2.06. The van der Waals surface area contributed by atoms with Crippen LogP contribution in [0.4, 0.5) is 0 Å². The number of unbranched alkanes of at least 4 members (excludes halogenated alkanes) is 4. The van der Waals surface area contributed by atoms with E-state index in [4.69, 9.17) is 9.47 Å². The Morgan fingerprint density at radius 2 is 1.33 bits per heavy atom. The molecule has 0 saturated carbocycles. The molecule has 0 amide bonds. The van der Waals surface area contributed by atoms with Gasteiger partial charge in [0.1, 0.15) is 0 Å². The van der Waals surface area contributed by atoms with Crippen molar-refractivity contribution in [3.05, 3.63) is 0 Å². The number of hydrogen-bond donors (Lipinski definition) is 1. The molecular formula is C12H26O2S. The maximum atomic E-state index is 5.45. The molecule has 0 spiro atoms. The first kappa shape index (κ1) is 15.3. The van der Waals surface area contributed by atoms with E-state index in [9.17, 15) is 0 Å². The Kier molecular flexibility index (Phi) is 14.5. The second-order valence-corrected chi connectivity index (χ2v) is 4.16. The monoisotopic (exact) mass is 234 g/mol. The zero-order valence-corrected chi connectivity index (χ0v) is 10.9. The third-order valence-corrected chi connectivity index (χ3v) is 2.53. The van der Waals surface area contributed by atoms with Crippen LogP contribution in [0.5, 0.6) is 0 Å². The predicted octanol–water partition coefficient (Wildman–Crippen LogP) is 3.31. The van der Waals surface area contributed by atoms with Crippen molar-refractivity contribution in [2.24, 2.45) is 0 Å². The van der Waals surface area contributed by atoms with Crippen molar-refractivity contribution in [3.63, 3.8) is 0 Å². The van der Waals surface area contributed by atoms with Crippen molar-refractivity contribution in [1.82, 2.24) is 0 Å². The Labute approximate surface area is 100 Å². The third-order valence-electron chi connectivity index (χ3n) is 2.21. The van der Waals surface area contributed by atoms with Gasteiger partial charge in [0.25, 0.3) is 0 Å². The van der Waals surface area contributed by atoms with E-state index in [0.29, 0.717) is 0 Å². The van der Waals surface area contributed by atoms with Crippen molar-refractivity contribution >= 4 is 12.6 Å². The number of rotatable bonds is 12. The Balaban J connectivity index is 2.81. The maximum absolute atomic E-state index is 5.45. The van der Waals surface area contributed by atoms with Crippen molar-refractivity contribution in [2.75, 3.05) is 32.2 Å². The summed E-state index contributed by atoms with van der Waals surface area (Å²) in [6.07, 6.45) is 7.29. The van der Waals surface area contributed by atoms with E-state index in [2.05, 4.69) is 19.6 Å². The molecule has 0 aliphatic rings. The summed E-state index contributed by atoms with van der Waals surface area (Å²) in [4.78, 5) is 0. The van der Waals surface area contributed by atoms with Gasteiger partial charge in [-0.05, 0) is 25.0 Å². The van der Waals surface area contributed by atoms with Crippen LogP contribution in [0.2, 0.25) is 0 Å². The van der Waals surface area contributed by atoms with Gasteiger partial charge in [-0.2, -0.15) is 12.6 Å². The van der Waals surface area contributed by atoms with E-state index in [1.165, 1.54) is 32.1 Å². The van der Waals surface area contributed by atoms with Gasteiger partial charge in [-0.25, -0.2) is 0 Å². The molecular weight excluding hydrogens is 208 g/mol. The third kappa shape index (κ3) is 14.3. The summed E-state index contributed by atoms with van der Waals surface area (Å²) in [6, 6.07) is 0. The predicted molar refractivity (Wildman–Crippen MR) is 68.9 cm³/mol. The SMILES string of the molecule is CCCCOCCOCCCCCCS. The van der Waals surface area contributed by atoms with Crippen LogP contribution in [0.15, 0.2) is 0 Å². The van der Waals surface area contributed by atoms with Gasteiger partial charge in [0.15, 0.2) is 0 Å². The first-order valence-corrected chi connectivity index (χ1v) is 6.81. The minimum Gasteiger partial charge on any atom is -0.379 e. The smallest absolute Gasteiger partial charge is 0.0700 e. The molecule has 0 aliphatic carbocycles. The molecule has 0 bridgehead atoms. The maximum Gasteiger partial charge on any atom is 0.0700 e. The van der Waals surface area contributed by atoms with E-state index in [1.54, 1.807) is 0 Å². The molecule has 0 atom stereocenters. The first-order chi connectivity index (χ1) is 7.41. The van der Waals surface area contributed by atoms with Crippen LogP contribution in [-0.4, -0.2) is 32.2 Å². The highest BCUT2D eigenvalue weighted by atomic mass is 32.1. The van der Waals surface area contributed by atoms with Gasteiger partial charge in [0.2, 0.25) is 0 Å². The van der Waals surface area contributed by atoms with Gasteiger partial charge >= 0.3 is 0 Å². The largest absolute Gasteiger partial charge is 0.379 e. The highest BCUT2D eigenvalue weighted by Crippen LogP contribution is 2.00. The van der Waals surface area contributed by atoms with Gasteiger partial charge in [0.05, 0.1) is 13.2 Å².